The molecule has 4 nitrogen and oxygen atoms in total. The van der Waals surface area contributed by atoms with Crippen molar-refractivity contribution in [3.8, 4) is 0 Å². The normalized spacial score (nSPS) is 13.2. The number of aromatic nitrogens is 1. The number of benzene rings is 1. The van der Waals surface area contributed by atoms with Crippen molar-refractivity contribution in [2.24, 2.45) is 5.73 Å². The van der Waals surface area contributed by atoms with Crippen LogP contribution in [0.4, 0.5) is 0 Å². The quantitative estimate of drug-likeness (QED) is 0.840. The highest BCUT2D eigenvalue weighted by Crippen LogP contribution is 2.21. The van der Waals surface area contributed by atoms with Gasteiger partial charge in [-0.25, -0.2) is 0 Å². The lowest BCUT2D eigenvalue weighted by Gasteiger charge is -2.21. The molecule has 0 fully saturated rings. The Kier molecular flexibility index (Phi) is 3.91. The van der Waals surface area contributed by atoms with Gasteiger partial charge >= 0.3 is 0 Å². The van der Waals surface area contributed by atoms with Crippen molar-refractivity contribution in [3.05, 3.63) is 41.6 Å². The van der Waals surface area contributed by atoms with Crippen LogP contribution in [0.1, 0.15) is 17.3 Å². The van der Waals surface area contributed by atoms with Gasteiger partial charge in [-0.15, -0.1) is 0 Å². The summed E-state index contributed by atoms with van der Waals surface area (Å²) in [4.78, 5) is 4.46. The Morgan fingerprint density at radius 2 is 1.83 bits per heavy atom. The predicted octanol–water partition coefficient (Wildman–Crippen LogP) is 2.16. The van der Waals surface area contributed by atoms with Gasteiger partial charge in [-0.3, -0.25) is 4.98 Å². The third-order valence-corrected chi connectivity index (χ3v) is 3.00. The van der Waals surface area contributed by atoms with E-state index in [2.05, 4.69) is 4.98 Å². The Balaban J connectivity index is 2.37. The lowest BCUT2D eigenvalue weighted by molar-refractivity contribution is -0.117. The summed E-state index contributed by atoms with van der Waals surface area (Å²) in [7, 11) is 3.17. The molecule has 1 aromatic carbocycles. The molecule has 0 spiro atoms. The van der Waals surface area contributed by atoms with Gasteiger partial charge in [0.05, 0.1) is 11.6 Å². The molecule has 1 aromatic heterocycles. The van der Waals surface area contributed by atoms with Gasteiger partial charge in [0, 0.05) is 25.3 Å². The van der Waals surface area contributed by atoms with Gasteiger partial charge < -0.3 is 15.2 Å². The lowest BCUT2D eigenvalue weighted by atomic mass is 10.0. The second-order valence-corrected chi connectivity index (χ2v) is 4.27. The number of fused-ring (bicyclic) bond motifs is 1. The molecule has 2 N–H and O–H groups in total. The summed E-state index contributed by atoms with van der Waals surface area (Å²) in [6.45, 7) is 1.98. The first-order valence-corrected chi connectivity index (χ1v) is 5.84. The fourth-order valence-electron chi connectivity index (χ4n) is 2.00. The Bertz CT molecular complexity index is 538. The number of methoxy groups -OCH3 is 2. The van der Waals surface area contributed by atoms with Crippen molar-refractivity contribution >= 4 is 10.9 Å². The Morgan fingerprint density at radius 1 is 1.11 bits per heavy atom. The molecule has 0 aliphatic heterocycles. The molecule has 18 heavy (non-hydrogen) atoms. The van der Waals surface area contributed by atoms with Crippen LogP contribution in [0.15, 0.2) is 30.3 Å². The maximum absolute atomic E-state index is 6.11. The van der Waals surface area contributed by atoms with Crippen molar-refractivity contribution < 1.29 is 9.47 Å². The van der Waals surface area contributed by atoms with E-state index in [1.165, 1.54) is 0 Å². The van der Waals surface area contributed by atoms with E-state index in [9.17, 15) is 0 Å². The third-order valence-electron chi connectivity index (χ3n) is 3.00. The van der Waals surface area contributed by atoms with Crippen molar-refractivity contribution in [2.45, 2.75) is 19.3 Å². The zero-order valence-corrected chi connectivity index (χ0v) is 10.9. The molecule has 0 bridgehead atoms. The molecule has 0 saturated heterocycles. The fourth-order valence-corrected chi connectivity index (χ4v) is 2.00. The minimum absolute atomic E-state index is 0.314. The van der Waals surface area contributed by atoms with E-state index in [1.807, 2.05) is 37.3 Å². The number of aryl methyl sites for hydroxylation is 1. The summed E-state index contributed by atoms with van der Waals surface area (Å²) < 4.78 is 10.4. The van der Waals surface area contributed by atoms with Crippen molar-refractivity contribution in [2.75, 3.05) is 14.2 Å². The maximum Gasteiger partial charge on any atom is 0.175 e. The van der Waals surface area contributed by atoms with Gasteiger partial charge in [0.2, 0.25) is 0 Å². The Labute approximate surface area is 107 Å². The van der Waals surface area contributed by atoms with Crippen LogP contribution in [-0.4, -0.2) is 25.5 Å². The second kappa shape index (κ2) is 5.44. The largest absolute Gasteiger partial charge is 0.354 e. The summed E-state index contributed by atoms with van der Waals surface area (Å²) in [6, 6.07) is 9.68. The van der Waals surface area contributed by atoms with E-state index in [-0.39, 0.29) is 6.04 Å². The zero-order valence-electron chi connectivity index (χ0n) is 10.9. The van der Waals surface area contributed by atoms with E-state index < -0.39 is 6.29 Å². The van der Waals surface area contributed by atoms with Crippen molar-refractivity contribution in [1.82, 2.24) is 4.98 Å². The van der Waals surface area contributed by atoms with E-state index in [0.29, 0.717) is 0 Å². The van der Waals surface area contributed by atoms with Gasteiger partial charge in [-0.05, 0) is 30.7 Å². The smallest absolute Gasteiger partial charge is 0.175 e. The molecular formula is C14H18N2O2. The number of hydrogen-bond acceptors (Lipinski definition) is 4. The average Bonchev–Trinajstić information content (AvgIpc) is 2.39. The summed E-state index contributed by atoms with van der Waals surface area (Å²) in [5.41, 5.74) is 9.06. The zero-order chi connectivity index (χ0) is 13.1. The average molecular weight is 246 g/mol. The molecule has 0 aliphatic rings. The van der Waals surface area contributed by atoms with Crippen LogP contribution in [-0.2, 0) is 9.47 Å². The molecule has 1 atom stereocenters. The second-order valence-electron chi connectivity index (χ2n) is 4.27. The first-order chi connectivity index (χ1) is 8.65. The van der Waals surface area contributed by atoms with Crippen molar-refractivity contribution in [3.63, 3.8) is 0 Å². The minimum atomic E-state index is -0.444. The first kappa shape index (κ1) is 13.0. The third kappa shape index (κ3) is 2.51. The van der Waals surface area contributed by atoms with Crippen LogP contribution in [0.25, 0.3) is 10.9 Å². The van der Waals surface area contributed by atoms with E-state index >= 15 is 0 Å². The van der Waals surface area contributed by atoms with Crippen molar-refractivity contribution in [1.29, 1.82) is 0 Å². The monoisotopic (exact) mass is 246 g/mol. The SMILES string of the molecule is COC(OC)C(N)c1ccc2nc(C)ccc2c1. The molecule has 1 heterocycles. The number of rotatable bonds is 4. The highest BCUT2D eigenvalue weighted by Gasteiger charge is 2.18. The molecule has 0 radical (unpaired) electrons. The standard InChI is InChI=1S/C14H18N2O2/c1-9-4-5-10-8-11(6-7-12(10)16-9)13(15)14(17-2)18-3/h4-8,13-14H,15H2,1-3H3. The van der Waals surface area contributed by atoms with Crippen LogP contribution < -0.4 is 5.73 Å². The van der Waals surface area contributed by atoms with E-state index in [4.69, 9.17) is 15.2 Å². The Morgan fingerprint density at radius 3 is 2.50 bits per heavy atom. The highest BCUT2D eigenvalue weighted by molar-refractivity contribution is 5.79. The van der Waals surface area contributed by atoms with Gasteiger partial charge in [0.25, 0.3) is 0 Å². The van der Waals surface area contributed by atoms with E-state index in [1.54, 1.807) is 14.2 Å². The van der Waals surface area contributed by atoms with Crippen LogP contribution in [0.5, 0.6) is 0 Å². The lowest BCUT2D eigenvalue weighted by Crippen LogP contribution is -2.29. The van der Waals surface area contributed by atoms with Crippen LogP contribution in [0.2, 0.25) is 0 Å². The topological polar surface area (TPSA) is 57.4 Å². The summed E-state index contributed by atoms with van der Waals surface area (Å²) in [5, 5.41) is 1.07. The predicted molar refractivity (Wildman–Crippen MR) is 71.2 cm³/mol. The van der Waals surface area contributed by atoms with Crippen LogP contribution in [0.3, 0.4) is 0 Å². The van der Waals surface area contributed by atoms with Crippen LogP contribution in [0, 0.1) is 6.92 Å². The number of nitrogens with zero attached hydrogens (tertiary/aromatic N) is 1. The molecular weight excluding hydrogens is 228 g/mol. The molecule has 1 unspecified atom stereocenters. The number of hydrogen-bond donors (Lipinski definition) is 1. The Hall–Kier alpha value is -1.49. The summed E-state index contributed by atoms with van der Waals surface area (Å²) >= 11 is 0. The molecule has 0 saturated carbocycles. The maximum atomic E-state index is 6.11. The van der Waals surface area contributed by atoms with Crippen LogP contribution >= 0.6 is 0 Å². The molecule has 96 valence electrons. The minimum Gasteiger partial charge on any atom is -0.354 e. The molecule has 4 heteroatoms. The van der Waals surface area contributed by atoms with Gasteiger partial charge in [-0.1, -0.05) is 12.1 Å². The van der Waals surface area contributed by atoms with Gasteiger partial charge in [-0.2, -0.15) is 0 Å². The van der Waals surface area contributed by atoms with Gasteiger partial charge in [0.1, 0.15) is 0 Å². The number of nitrogens with two attached hydrogens (primary N) is 1. The molecule has 0 aliphatic carbocycles. The number of ether oxygens (including phenoxy) is 2. The van der Waals surface area contributed by atoms with E-state index in [0.717, 1.165) is 22.2 Å². The molecule has 0 amide bonds. The summed E-state index contributed by atoms with van der Waals surface area (Å²) in [5.74, 6) is 0. The molecule has 2 rings (SSSR count). The molecule has 2 aromatic rings. The van der Waals surface area contributed by atoms with Gasteiger partial charge in [0.15, 0.2) is 6.29 Å². The highest BCUT2D eigenvalue weighted by atomic mass is 16.7. The first-order valence-electron chi connectivity index (χ1n) is 5.84. The summed E-state index contributed by atoms with van der Waals surface area (Å²) in [6.07, 6.45) is -0.444. The fraction of sp³-hybridized carbons (Fsp3) is 0.357. The number of pyridine rings is 1.